The Hall–Kier alpha value is -2.91. The SMILES string of the molecule is Nc1nc(Nc2c(F)c(F)cc(F)c2F)ccc1[N+](=O)[O-]. The van der Waals surface area contributed by atoms with Gasteiger partial charge in [-0.15, -0.1) is 0 Å². The van der Waals surface area contributed by atoms with Gasteiger partial charge in [-0.3, -0.25) is 10.1 Å². The average Bonchev–Trinajstić information content (AvgIpc) is 2.41. The summed E-state index contributed by atoms with van der Waals surface area (Å²) in [4.78, 5) is 13.2. The zero-order valence-corrected chi connectivity index (χ0v) is 10.0. The zero-order valence-electron chi connectivity index (χ0n) is 10.0. The minimum atomic E-state index is -1.66. The minimum Gasteiger partial charge on any atom is -0.378 e. The van der Waals surface area contributed by atoms with Gasteiger partial charge in [0.2, 0.25) is 5.82 Å². The summed E-state index contributed by atoms with van der Waals surface area (Å²) in [7, 11) is 0. The number of nitrogens with two attached hydrogens (primary N) is 1. The zero-order chi connectivity index (χ0) is 15.7. The molecule has 1 aromatic carbocycles. The molecule has 3 N–H and O–H groups in total. The fraction of sp³-hybridized carbons (Fsp3) is 0. The van der Waals surface area contributed by atoms with Crippen molar-refractivity contribution in [2.24, 2.45) is 0 Å². The van der Waals surface area contributed by atoms with E-state index in [2.05, 4.69) is 4.98 Å². The van der Waals surface area contributed by atoms with Gasteiger partial charge in [0.1, 0.15) is 11.5 Å². The molecule has 2 aromatic rings. The van der Waals surface area contributed by atoms with Crippen molar-refractivity contribution >= 4 is 23.0 Å². The molecule has 6 nitrogen and oxygen atoms in total. The third-order valence-corrected chi connectivity index (χ3v) is 2.46. The van der Waals surface area contributed by atoms with Gasteiger partial charge < -0.3 is 11.1 Å². The lowest BCUT2D eigenvalue weighted by atomic mass is 10.2. The standard InChI is InChI=1S/C11H6F4N4O2/c12-4-3-5(13)9(15)10(8(4)14)17-7-2-1-6(19(20)21)11(16)18-7/h1-3H,(H3,16,17,18). The maximum absolute atomic E-state index is 13.4. The molecule has 0 saturated heterocycles. The van der Waals surface area contributed by atoms with Crippen molar-refractivity contribution in [3.63, 3.8) is 0 Å². The Morgan fingerprint density at radius 2 is 1.71 bits per heavy atom. The van der Waals surface area contributed by atoms with Crippen LogP contribution in [-0.2, 0) is 0 Å². The number of nitrogens with one attached hydrogen (secondary N) is 1. The van der Waals surface area contributed by atoms with Gasteiger partial charge in [-0.25, -0.2) is 22.5 Å². The number of benzene rings is 1. The van der Waals surface area contributed by atoms with Crippen LogP contribution in [0.4, 0.5) is 40.6 Å². The predicted molar refractivity (Wildman–Crippen MR) is 64.9 cm³/mol. The van der Waals surface area contributed by atoms with Crippen molar-refractivity contribution in [3.8, 4) is 0 Å². The van der Waals surface area contributed by atoms with E-state index in [0.717, 1.165) is 12.1 Å². The summed E-state index contributed by atoms with van der Waals surface area (Å²) in [6.45, 7) is 0. The Labute approximate surface area is 114 Å². The highest BCUT2D eigenvalue weighted by atomic mass is 19.2. The molecule has 0 aliphatic heterocycles. The summed E-state index contributed by atoms with van der Waals surface area (Å²) < 4.78 is 52.9. The number of pyridine rings is 1. The van der Waals surface area contributed by atoms with E-state index in [4.69, 9.17) is 5.73 Å². The molecule has 0 bridgehead atoms. The molecule has 0 aliphatic carbocycles. The van der Waals surface area contributed by atoms with Crippen LogP contribution < -0.4 is 11.1 Å². The first kappa shape index (κ1) is 14.5. The first-order valence-corrected chi connectivity index (χ1v) is 5.32. The number of hydrogen-bond acceptors (Lipinski definition) is 5. The van der Waals surface area contributed by atoms with E-state index in [1.165, 1.54) is 0 Å². The Bertz CT molecular complexity index is 712. The van der Waals surface area contributed by atoms with Gasteiger partial charge in [-0.2, -0.15) is 0 Å². The number of nitrogen functional groups attached to an aromatic ring is 1. The highest BCUT2D eigenvalue weighted by Gasteiger charge is 2.20. The van der Waals surface area contributed by atoms with Crippen LogP contribution in [0.1, 0.15) is 0 Å². The van der Waals surface area contributed by atoms with Gasteiger partial charge in [0, 0.05) is 12.1 Å². The monoisotopic (exact) mass is 302 g/mol. The lowest BCUT2D eigenvalue weighted by Crippen LogP contribution is -2.06. The Balaban J connectivity index is 2.44. The number of anilines is 3. The quantitative estimate of drug-likeness (QED) is 0.393. The van der Waals surface area contributed by atoms with E-state index in [1.807, 2.05) is 5.32 Å². The third kappa shape index (κ3) is 2.68. The minimum absolute atomic E-state index is 0.0491. The number of hydrogen-bond donors (Lipinski definition) is 2. The normalized spacial score (nSPS) is 10.5. The number of aromatic nitrogens is 1. The van der Waals surface area contributed by atoms with Crippen LogP contribution in [-0.4, -0.2) is 9.91 Å². The molecule has 0 atom stereocenters. The molecule has 2 rings (SSSR count). The summed E-state index contributed by atoms with van der Waals surface area (Å²) in [5, 5.41) is 12.5. The average molecular weight is 302 g/mol. The van der Waals surface area contributed by atoms with E-state index in [-0.39, 0.29) is 11.9 Å². The smallest absolute Gasteiger partial charge is 0.311 e. The summed E-state index contributed by atoms with van der Waals surface area (Å²) in [6.07, 6.45) is 0. The molecule has 0 amide bonds. The molecule has 21 heavy (non-hydrogen) atoms. The molecule has 110 valence electrons. The van der Waals surface area contributed by atoms with E-state index >= 15 is 0 Å². The van der Waals surface area contributed by atoms with Crippen LogP contribution >= 0.6 is 0 Å². The molecular weight excluding hydrogens is 296 g/mol. The van der Waals surface area contributed by atoms with Crippen molar-refractivity contribution in [1.82, 2.24) is 4.98 Å². The van der Waals surface area contributed by atoms with Crippen molar-refractivity contribution in [2.45, 2.75) is 0 Å². The van der Waals surface area contributed by atoms with Gasteiger partial charge in [-0.05, 0) is 6.07 Å². The fourth-order valence-corrected chi connectivity index (χ4v) is 1.50. The summed E-state index contributed by atoms with van der Waals surface area (Å²) >= 11 is 0. The summed E-state index contributed by atoms with van der Waals surface area (Å²) in [5.74, 6) is -7.37. The molecule has 0 saturated carbocycles. The van der Waals surface area contributed by atoms with Crippen LogP contribution in [0.3, 0.4) is 0 Å². The first-order chi connectivity index (χ1) is 9.81. The second-order valence-corrected chi connectivity index (χ2v) is 3.83. The van der Waals surface area contributed by atoms with Crippen LogP contribution in [0.5, 0.6) is 0 Å². The molecule has 10 heteroatoms. The Morgan fingerprint density at radius 3 is 2.19 bits per heavy atom. The lowest BCUT2D eigenvalue weighted by molar-refractivity contribution is -0.384. The lowest BCUT2D eigenvalue weighted by Gasteiger charge is -2.09. The molecular formula is C11H6F4N4O2. The maximum atomic E-state index is 13.4. The Kier molecular flexibility index (Phi) is 3.61. The van der Waals surface area contributed by atoms with Crippen LogP contribution in [0.2, 0.25) is 0 Å². The Morgan fingerprint density at radius 1 is 1.14 bits per heavy atom. The number of halogens is 4. The fourth-order valence-electron chi connectivity index (χ4n) is 1.50. The molecule has 1 heterocycles. The predicted octanol–water partition coefficient (Wildman–Crippen LogP) is 2.87. The maximum Gasteiger partial charge on any atom is 0.311 e. The molecule has 0 unspecified atom stereocenters. The van der Waals surface area contributed by atoms with Crippen LogP contribution in [0.25, 0.3) is 0 Å². The van der Waals surface area contributed by atoms with Gasteiger partial charge in [0.25, 0.3) is 0 Å². The van der Waals surface area contributed by atoms with Crippen molar-refractivity contribution in [3.05, 3.63) is 51.6 Å². The highest BCUT2D eigenvalue weighted by Crippen LogP contribution is 2.28. The van der Waals surface area contributed by atoms with Crippen molar-refractivity contribution in [2.75, 3.05) is 11.1 Å². The largest absolute Gasteiger partial charge is 0.378 e. The highest BCUT2D eigenvalue weighted by molar-refractivity contribution is 5.63. The molecule has 0 fully saturated rings. The van der Waals surface area contributed by atoms with Gasteiger partial charge in [0.15, 0.2) is 23.3 Å². The van der Waals surface area contributed by atoms with E-state index in [0.29, 0.717) is 0 Å². The van der Waals surface area contributed by atoms with E-state index < -0.39 is 45.4 Å². The van der Waals surface area contributed by atoms with Crippen LogP contribution in [0, 0.1) is 33.4 Å². The van der Waals surface area contributed by atoms with Gasteiger partial charge >= 0.3 is 5.69 Å². The number of nitrogens with zero attached hydrogens (tertiary/aromatic N) is 2. The topological polar surface area (TPSA) is 94.1 Å². The summed E-state index contributed by atoms with van der Waals surface area (Å²) in [6, 6.07) is 1.96. The van der Waals surface area contributed by atoms with Gasteiger partial charge in [0.05, 0.1) is 4.92 Å². The van der Waals surface area contributed by atoms with E-state index in [1.54, 1.807) is 0 Å². The molecule has 1 aromatic heterocycles. The summed E-state index contributed by atoms with van der Waals surface area (Å²) in [5.41, 5.74) is 3.64. The first-order valence-electron chi connectivity index (χ1n) is 5.32. The van der Waals surface area contributed by atoms with Crippen molar-refractivity contribution < 1.29 is 22.5 Å². The number of rotatable bonds is 3. The number of nitro groups is 1. The second kappa shape index (κ2) is 5.23. The molecule has 0 radical (unpaired) electrons. The molecule has 0 spiro atoms. The van der Waals surface area contributed by atoms with Gasteiger partial charge in [-0.1, -0.05) is 0 Å². The third-order valence-electron chi connectivity index (χ3n) is 2.46. The van der Waals surface area contributed by atoms with Crippen LogP contribution in [0.15, 0.2) is 18.2 Å². The second-order valence-electron chi connectivity index (χ2n) is 3.83. The van der Waals surface area contributed by atoms with Crippen molar-refractivity contribution in [1.29, 1.82) is 0 Å². The van der Waals surface area contributed by atoms with E-state index in [9.17, 15) is 27.7 Å². The molecule has 0 aliphatic rings.